The summed E-state index contributed by atoms with van der Waals surface area (Å²) in [6.45, 7) is 8.49. The first-order valence-corrected chi connectivity index (χ1v) is 9.63. The first-order valence-electron chi connectivity index (χ1n) is 9.25. The van der Waals surface area contributed by atoms with Crippen molar-refractivity contribution in [2.75, 3.05) is 0 Å². The van der Waals surface area contributed by atoms with Crippen LogP contribution in [0.2, 0.25) is 5.02 Å². The molecule has 0 aliphatic heterocycles. The van der Waals surface area contributed by atoms with Gasteiger partial charge in [0, 0.05) is 33.2 Å². The lowest BCUT2D eigenvalue weighted by Crippen LogP contribution is -2.17. The molecule has 2 aromatic carbocycles. The number of hydrogen-bond acceptors (Lipinski definition) is 2. The van der Waals surface area contributed by atoms with Gasteiger partial charge in [0.25, 0.3) is 5.91 Å². The van der Waals surface area contributed by atoms with Gasteiger partial charge in [0.15, 0.2) is 0 Å². The molecule has 0 bridgehead atoms. The molecule has 0 unspecified atom stereocenters. The summed E-state index contributed by atoms with van der Waals surface area (Å²) >= 11 is 5.85. The van der Waals surface area contributed by atoms with Crippen LogP contribution in [0.25, 0.3) is 5.69 Å². The average molecular weight is 394 g/mol. The van der Waals surface area contributed by atoms with Crippen molar-refractivity contribution < 1.29 is 4.79 Å². The van der Waals surface area contributed by atoms with E-state index in [0.29, 0.717) is 16.5 Å². The van der Waals surface area contributed by atoms with Crippen molar-refractivity contribution in [3.05, 3.63) is 87.7 Å². The Morgan fingerprint density at radius 3 is 2.32 bits per heavy atom. The Balaban J connectivity index is 1.76. The number of halogens is 1. The maximum atomic E-state index is 12.1. The van der Waals surface area contributed by atoms with E-state index in [0.717, 1.165) is 22.6 Å². The van der Waals surface area contributed by atoms with Gasteiger partial charge in [-0.25, -0.2) is 5.43 Å². The van der Waals surface area contributed by atoms with Crippen LogP contribution in [-0.4, -0.2) is 16.7 Å². The van der Waals surface area contributed by atoms with Gasteiger partial charge in [-0.1, -0.05) is 37.6 Å². The van der Waals surface area contributed by atoms with Crippen LogP contribution in [-0.2, 0) is 0 Å². The number of aromatic nitrogens is 1. The summed E-state index contributed by atoms with van der Waals surface area (Å²) < 4.78 is 2.19. The fourth-order valence-corrected chi connectivity index (χ4v) is 3.28. The molecule has 0 atom stereocenters. The van der Waals surface area contributed by atoms with Gasteiger partial charge in [-0.15, -0.1) is 0 Å². The van der Waals surface area contributed by atoms with E-state index < -0.39 is 0 Å². The van der Waals surface area contributed by atoms with E-state index in [1.165, 1.54) is 5.56 Å². The molecule has 0 saturated carbocycles. The first kappa shape index (κ1) is 19.9. The Labute approximate surface area is 170 Å². The van der Waals surface area contributed by atoms with Crippen LogP contribution in [0, 0.1) is 13.8 Å². The molecule has 3 aromatic rings. The standard InChI is InChI=1S/C23H24ClN3O/c1-15(2)18-7-11-22(12-8-18)27-16(3)13-20(17(27)4)14-25-26-23(28)19-5-9-21(24)10-6-19/h5-15H,1-4H3,(H,26,28)/b25-14-. The normalized spacial score (nSPS) is 11.4. The van der Waals surface area contributed by atoms with Crippen molar-refractivity contribution in [3.8, 4) is 5.69 Å². The second kappa shape index (κ2) is 8.44. The highest BCUT2D eigenvalue weighted by atomic mass is 35.5. The molecule has 1 N–H and O–H groups in total. The van der Waals surface area contributed by atoms with E-state index in [1.807, 2.05) is 6.92 Å². The minimum absolute atomic E-state index is 0.272. The minimum Gasteiger partial charge on any atom is -0.318 e. The summed E-state index contributed by atoms with van der Waals surface area (Å²) in [5.74, 6) is 0.235. The predicted octanol–water partition coefficient (Wildman–Crippen LogP) is 5.63. The van der Waals surface area contributed by atoms with Crippen LogP contribution < -0.4 is 5.43 Å². The zero-order chi connectivity index (χ0) is 20.3. The Kier molecular flexibility index (Phi) is 6.00. The molecular formula is C23H24ClN3O. The maximum absolute atomic E-state index is 12.1. The highest BCUT2D eigenvalue weighted by molar-refractivity contribution is 6.30. The quantitative estimate of drug-likeness (QED) is 0.442. The Morgan fingerprint density at radius 2 is 1.71 bits per heavy atom. The highest BCUT2D eigenvalue weighted by Crippen LogP contribution is 2.22. The predicted molar refractivity (Wildman–Crippen MR) is 116 cm³/mol. The number of rotatable bonds is 5. The minimum atomic E-state index is -0.272. The summed E-state index contributed by atoms with van der Waals surface area (Å²) in [7, 11) is 0. The summed E-state index contributed by atoms with van der Waals surface area (Å²) in [5, 5.41) is 4.71. The molecule has 0 fully saturated rings. The third-order valence-corrected chi connectivity index (χ3v) is 5.02. The molecule has 0 aliphatic carbocycles. The van der Waals surface area contributed by atoms with Crippen LogP contribution in [0.5, 0.6) is 0 Å². The van der Waals surface area contributed by atoms with E-state index in [-0.39, 0.29) is 5.91 Å². The molecule has 1 aromatic heterocycles. The van der Waals surface area contributed by atoms with Crippen molar-refractivity contribution >= 4 is 23.7 Å². The third kappa shape index (κ3) is 4.34. The van der Waals surface area contributed by atoms with Gasteiger partial charge < -0.3 is 4.57 Å². The Bertz CT molecular complexity index is 1000. The van der Waals surface area contributed by atoms with E-state index in [1.54, 1.807) is 30.5 Å². The number of carbonyl (C=O) groups is 1. The molecule has 3 rings (SSSR count). The number of carbonyl (C=O) groups excluding carboxylic acids is 1. The lowest BCUT2D eigenvalue weighted by Gasteiger charge is -2.12. The van der Waals surface area contributed by atoms with Gasteiger partial charge in [0.1, 0.15) is 0 Å². The summed E-state index contributed by atoms with van der Waals surface area (Å²) in [4.78, 5) is 12.1. The molecule has 0 saturated heterocycles. The topological polar surface area (TPSA) is 46.4 Å². The molecule has 0 aliphatic rings. The van der Waals surface area contributed by atoms with Crippen LogP contribution in [0.4, 0.5) is 0 Å². The largest absolute Gasteiger partial charge is 0.318 e. The molecule has 1 amide bonds. The van der Waals surface area contributed by atoms with Crippen LogP contribution >= 0.6 is 11.6 Å². The molecule has 1 heterocycles. The molecule has 0 spiro atoms. The number of nitrogens with zero attached hydrogens (tertiary/aromatic N) is 2. The van der Waals surface area contributed by atoms with E-state index in [4.69, 9.17) is 11.6 Å². The van der Waals surface area contributed by atoms with Crippen molar-refractivity contribution in [1.29, 1.82) is 0 Å². The van der Waals surface area contributed by atoms with Gasteiger partial charge in [-0.3, -0.25) is 4.79 Å². The molecule has 0 radical (unpaired) electrons. The fourth-order valence-electron chi connectivity index (χ4n) is 3.15. The lowest BCUT2D eigenvalue weighted by atomic mass is 10.0. The van der Waals surface area contributed by atoms with Gasteiger partial charge in [0.2, 0.25) is 0 Å². The van der Waals surface area contributed by atoms with Gasteiger partial charge >= 0.3 is 0 Å². The van der Waals surface area contributed by atoms with Crippen LogP contribution in [0.3, 0.4) is 0 Å². The smallest absolute Gasteiger partial charge is 0.271 e. The second-order valence-corrected chi connectivity index (χ2v) is 7.55. The molecule has 144 valence electrons. The Morgan fingerprint density at radius 1 is 1.07 bits per heavy atom. The Hall–Kier alpha value is -2.85. The van der Waals surface area contributed by atoms with E-state index in [9.17, 15) is 4.79 Å². The summed E-state index contributed by atoms with van der Waals surface area (Å²) in [5.41, 5.74) is 8.64. The summed E-state index contributed by atoms with van der Waals surface area (Å²) in [6, 6.07) is 17.4. The molecule has 5 heteroatoms. The molecular weight excluding hydrogens is 370 g/mol. The van der Waals surface area contributed by atoms with Crippen LogP contribution in [0.1, 0.15) is 52.6 Å². The zero-order valence-corrected chi connectivity index (χ0v) is 17.3. The maximum Gasteiger partial charge on any atom is 0.271 e. The van der Waals surface area contributed by atoms with Crippen molar-refractivity contribution in [1.82, 2.24) is 9.99 Å². The number of amides is 1. The van der Waals surface area contributed by atoms with Crippen molar-refractivity contribution in [2.45, 2.75) is 33.6 Å². The van der Waals surface area contributed by atoms with Crippen molar-refractivity contribution in [2.24, 2.45) is 5.10 Å². The first-order chi connectivity index (χ1) is 13.4. The van der Waals surface area contributed by atoms with Gasteiger partial charge in [0.05, 0.1) is 6.21 Å². The number of nitrogens with one attached hydrogen (secondary N) is 1. The van der Waals surface area contributed by atoms with E-state index in [2.05, 4.69) is 66.2 Å². The zero-order valence-electron chi connectivity index (χ0n) is 16.5. The monoisotopic (exact) mass is 393 g/mol. The third-order valence-electron chi connectivity index (χ3n) is 4.76. The number of benzene rings is 2. The number of hydrazone groups is 1. The molecule has 28 heavy (non-hydrogen) atoms. The van der Waals surface area contributed by atoms with Crippen LogP contribution in [0.15, 0.2) is 59.7 Å². The van der Waals surface area contributed by atoms with Crippen molar-refractivity contribution in [3.63, 3.8) is 0 Å². The second-order valence-electron chi connectivity index (χ2n) is 7.11. The van der Waals surface area contributed by atoms with E-state index >= 15 is 0 Å². The fraction of sp³-hybridized carbons (Fsp3) is 0.217. The number of hydrogen-bond donors (Lipinski definition) is 1. The average Bonchev–Trinajstić information content (AvgIpc) is 2.95. The molecule has 4 nitrogen and oxygen atoms in total. The van der Waals surface area contributed by atoms with Gasteiger partial charge in [-0.2, -0.15) is 5.10 Å². The summed E-state index contributed by atoms with van der Waals surface area (Å²) in [6.07, 6.45) is 1.68. The number of aryl methyl sites for hydroxylation is 1. The lowest BCUT2D eigenvalue weighted by molar-refractivity contribution is 0.0955. The SMILES string of the molecule is Cc1cc(/C=N\NC(=O)c2ccc(Cl)cc2)c(C)n1-c1ccc(C(C)C)cc1. The van der Waals surface area contributed by atoms with Gasteiger partial charge in [-0.05, 0) is 67.8 Å². The highest BCUT2D eigenvalue weighted by Gasteiger charge is 2.10.